The lowest BCUT2D eigenvalue weighted by Gasteiger charge is -2.10. The Labute approximate surface area is 121 Å². The van der Waals surface area contributed by atoms with Crippen LogP contribution < -0.4 is 5.32 Å². The second-order valence-corrected chi connectivity index (χ2v) is 4.34. The van der Waals surface area contributed by atoms with E-state index in [1.807, 2.05) is 0 Å². The van der Waals surface area contributed by atoms with Crippen LogP contribution in [0.25, 0.3) is 10.8 Å². The summed E-state index contributed by atoms with van der Waals surface area (Å²) in [6, 6.07) is 13.9. The summed E-state index contributed by atoms with van der Waals surface area (Å²) in [6.45, 7) is 1.79. The summed E-state index contributed by atoms with van der Waals surface area (Å²) >= 11 is 0. The third-order valence-electron chi connectivity index (χ3n) is 3.08. The molecule has 0 saturated carbocycles. The Hall–Kier alpha value is -3.49. The molecule has 2 aromatic carbocycles. The molecule has 0 fully saturated rings. The summed E-state index contributed by atoms with van der Waals surface area (Å²) in [6.07, 6.45) is 0. The Bertz CT molecular complexity index is 860. The van der Waals surface area contributed by atoms with Gasteiger partial charge in [0.1, 0.15) is 29.7 Å². The van der Waals surface area contributed by atoms with Gasteiger partial charge < -0.3 is 10.4 Å². The summed E-state index contributed by atoms with van der Waals surface area (Å²) in [5.74, 6) is 0.166. The Morgan fingerprint density at radius 2 is 1.71 bits per heavy atom. The van der Waals surface area contributed by atoms with Gasteiger partial charge in [-0.1, -0.05) is 24.3 Å². The maximum atomic E-state index is 10.1. The maximum absolute atomic E-state index is 10.1. The molecule has 5 nitrogen and oxygen atoms in total. The van der Waals surface area contributed by atoms with Crippen LogP contribution in [0, 0.1) is 40.9 Å². The highest BCUT2D eigenvalue weighted by atomic mass is 16.3. The van der Waals surface area contributed by atoms with Crippen molar-refractivity contribution in [3.05, 3.63) is 47.2 Å². The van der Waals surface area contributed by atoms with Gasteiger partial charge in [-0.3, -0.25) is 0 Å². The first kappa shape index (κ1) is 13.9. The minimum absolute atomic E-state index is 0.118. The second-order valence-electron chi connectivity index (χ2n) is 4.34. The molecule has 2 N–H and O–H groups in total. The Morgan fingerprint density at radius 1 is 1.00 bits per heavy atom. The Balaban J connectivity index is 2.63. The third-order valence-corrected chi connectivity index (χ3v) is 3.08. The van der Waals surface area contributed by atoms with Crippen LogP contribution in [0.4, 0.5) is 5.69 Å². The average molecular weight is 274 g/mol. The van der Waals surface area contributed by atoms with E-state index in [0.29, 0.717) is 16.5 Å². The summed E-state index contributed by atoms with van der Waals surface area (Å²) in [4.78, 5) is 0. The first-order valence-electron chi connectivity index (χ1n) is 6.05. The Kier molecular flexibility index (Phi) is 3.75. The van der Waals surface area contributed by atoms with Crippen molar-refractivity contribution in [2.45, 2.75) is 6.92 Å². The molecule has 0 radical (unpaired) electrons. The molecular weight excluding hydrogens is 264 g/mol. The van der Waals surface area contributed by atoms with Crippen LogP contribution in [-0.4, -0.2) is 5.11 Å². The van der Waals surface area contributed by atoms with Crippen molar-refractivity contribution in [2.24, 2.45) is 0 Å². The predicted octanol–water partition coefficient (Wildman–Crippen LogP) is 3.09. The number of anilines is 1. The molecule has 0 atom stereocenters. The standard InChI is InChI=1S/C16H10N4O/c1-10-5-6-12-13(16(10)21)3-2-4-14(12)20-15(9-19)11(7-17)8-18/h2-6,20-21H,1H3. The summed E-state index contributed by atoms with van der Waals surface area (Å²) < 4.78 is 0. The van der Waals surface area contributed by atoms with Crippen molar-refractivity contribution in [3.8, 4) is 24.0 Å². The first-order chi connectivity index (χ1) is 10.1. The summed E-state index contributed by atoms with van der Waals surface area (Å²) in [7, 11) is 0. The molecular formula is C16H10N4O. The highest BCUT2D eigenvalue weighted by Gasteiger charge is 2.10. The van der Waals surface area contributed by atoms with Crippen molar-refractivity contribution in [2.75, 3.05) is 5.32 Å². The SMILES string of the molecule is Cc1ccc2c(NC(C#N)=C(C#N)C#N)cccc2c1O. The smallest absolute Gasteiger partial charge is 0.163 e. The number of nitrogens with zero attached hydrogens (tertiary/aromatic N) is 3. The zero-order chi connectivity index (χ0) is 15.4. The molecule has 21 heavy (non-hydrogen) atoms. The van der Waals surface area contributed by atoms with Gasteiger partial charge in [0.15, 0.2) is 5.57 Å². The van der Waals surface area contributed by atoms with Gasteiger partial charge in [0, 0.05) is 16.5 Å². The minimum atomic E-state index is -0.286. The van der Waals surface area contributed by atoms with Crippen molar-refractivity contribution < 1.29 is 5.11 Å². The zero-order valence-corrected chi connectivity index (χ0v) is 11.2. The van der Waals surface area contributed by atoms with Gasteiger partial charge >= 0.3 is 0 Å². The summed E-state index contributed by atoms with van der Waals surface area (Å²) in [5, 5.41) is 40.9. The fourth-order valence-electron chi connectivity index (χ4n) is 1.98. The number of nitrogens with one attached hydrogen (secondary N) is 1. The molecule has 0 heterocycles. The number of nitriles is 3. The minimum Gasteiger partial charge on any atom is -0.507 e. The van der Waals surface area contributed by atoms with Crippen molar-refractivity contribution in [1.29, 1.82) is 15.8 Å². The number of fused-ring (bicyclic) bond motifs is 1. The van der Waals surface area contributed by atoms with E-state index in [1.54, 1.807) is 55.5 Å². The van der Waals surface area contributed by atoms with Crippen molar-refractivity contribution >= 4 is 16.5 Å². The number of phenolic OH excluding ortho intramolecular Hbond substituents is 1. The van der Waals surface area contributed by atoms with E-state index in [2.05, 4.69) is 5.32 Å². The molecule has 0 aliphatic rings. The van der Waals surface area contributed by atoms with E-state index >= 15 is 0 Å². The molecule has 0 saturated heterocycles. The van der Waals surface area contributed by atoms with Crippen molar-refractivity contribution in [3.63, 3.8) is 0 Å². The van der Waals surface area contributed by atoms with Crippen LogP contribution in [0.2, 0.25) is 0 Å². The highest BCUT2D eigenvalue weighted by molar-refractivity contribution is 5.98. The number of allylic oxidation sites excluding steroid dienone is 2. The molecule has 0 spiro atoms. The monoisotopic (exact) mass is 274 g/mol. The fourth-order valence-corrected chi connectivity index (χ4v) is 1.98. The predicted molar refractivity (Wildman–Crippen MR) is 77.8 cm³/mol. The van der Waals surface area contributed by atoms with Crippen LogP contribution in [0.1, 0.15) is 5.56 Å². The molecule has 0 aromatic heterocycles. The van der Waals surface area contributed by atoms with E-state index in [9.17, 15) is 5.11 Å². The number of phenols is 1. The lowest BCUT2D eigenvalue weighted by Crippen LogP contribution is -2.01. The number of hydrogen-bond acceptors (Lipinski definition) is 5. The zero-order valence-electron chi connectivity index (χ0n) is 11.2. The number of hydrogen-bond donors (Lipinski definition) is 2. The lowest BCUT2D eigenvalue weighted by molar-refractivity contribution is 0.477. The Morgan fingerprint density at radius 3 is 2.33 bits per heavy atom. The van der Waals surface area contributed by atoms with E-state index in [-0.39, 0.29) is 17.0 Å². The van der Waals surface area contributed by atoms with Crippen LogP contribution >= 0.6 is 0 Å². The van der Waals surface area contributed by atoms with Gasteiger partial charge in [-0.25, -0.2) is 0 Å². The largest absolute Gasteiger partial charge is 0.507 e. The van der Waals surface area contributed by atoms with E-state index < -0.39 is 0 Å². The molecule has 2 aromatic rings. The molecule has 0 aliphatic carbocycles. The highest BCUT2D eigenvalue weighted by Crippen LogP contribution is 2.33. The molecule has 0 amide bonds. The van der Waals surface area contributed by atoms with Gasteiger partial charge in [-0.2, -0.15) is 15.8 Å². The van der Waals surface area contributed by atoms with Gasteiger partial charge in [0.2, 0.25) is 0 Å². The van der Waals surface area contributed by atoms with Gasteiger partial charge in [-0.15, -0.1) is 0 Å². The molecule has 0 aliphatic heterocycles. The molecule has 2 rings (SSSR count). The number of aromatic hydroxyl groups is 1. The quantitative estimate of drug-likeness (QED) is 0.819. The molecule has 100 valence electrons. The molecule has 0 unspecified atom stereocenters. The van der Waals surface area contributed by atoms with Crippen LogP contribution in [-0.2, 0) is 0 Å². The van der Waals surface area contributed by atoms with Gasteiger partial charge in [0.25, 0.3) is 0 Å². The van der Waals surface area contributed by atoms with Crippen LogP contribution in [0.3, 0.4) is 0 Å². The van der Waals surface area contributed by atoms with E-state index in [0.717, 1.165) is 5.56 Å². The third kappa shape index (κ3) is 2.47. The van der Waals surface area contributed by atoms with E-state index in [1.165, 1.54) is 0 Å². The average Bonchev–Trinajstić information content (AvgIpc) is 2.51. The summed E-state index contributed by atoms with van der Waals surface area (Å²) in [5.41, 5.74) is 0.881. The number of aryl methyl sites for hydroxylation is 1. The van der Waals surface area contributed by atoms with Gasteiger partial charge in [0.05, 0.1) is 0 Å². The first-order valence-corrected chi connectivity index (χ1v) is 6.05. The maximum Gasteiger partial charge on any atom is 0.163 e. The van der Waals surface area contributed by atoms with Crippen molar-refractivity contribution in [1.82, 2.24) is 0 Å². The lowest BCUT2D eigenvalue weighted by atomic mass is 10.0. The normalized spacial score (nSPS) is 9.24. The topological polar surface area (TPSA) is 104 Å². The van der Waals surface area contributed by atoms with Crippen LogP contribution in [0.5, 0.6) is 5.75 Å². The van der Waals surface area contributed by atoms with E-state index in [4.69, 9.17) is 15.8 Å². The number of benzene rings is 2. The fraction of sp³-hybridized carbons (Fsp3) is 0.0625. The second kappa shape index (κ2) is 5.65. The number of rotatable bonds is 2. The van der Waals surface area contributed by atoms with Gasteiger partial charge in [-0.05, 0) is 18.6 Å². The molecule has 5 heteroatoms. The molecule has 0 bridgehead atoms. The van der Waals surface area contributed by atoms with Crippen LogP contribution in [0.15, 0.2) is 41.6 Å².